The van der Waals surface area contributed by atoms with Crippen LogP contribution in [0.3, 0.4) is 0 Å². The van der Waals surface area contributed by atoms with E-state index in [1.165, 1.54) is 12.3 Å². The second-order valence-corrected chi connectivity index (χ2v) is 3.98. The maximum absolute atomic E-state index is 11.6. The van der Waals surface area contributed by atoms with Crippen LogP contribution in [0.25, 0.3) is 0 Å². The maximum Gasteiger partial charge on any atom is 0.225 e. The third-order valence-corrected chi connectivity index (χ3v) is 2.68. The Kier molecular flexibility index (Phi) is 3.36. The van der Waals surface area contributed by atoms with Gasteiger partial charge in [-0.2, -0.15) is 0 Å². The predicted octanol–water partition coefficient (Wildman–Crippen LogP) is 0.725. The van der Waals surface area contributed by atoms with Gasteiger partial charge in [-0.05, 0) is 37.6 Å². The van der Waals surface area contributed by atoms with Crippen molar-refractivity contribution in [1.82, 2.24) is 10.3 Å². The SMILES string of the molecule is O=C(CC1CCNC1)Nc1ncccc1O. The largest absolute Gasteiger partial charge is 0.504 e. The minimum Gasteiger partial charge on any atom is -0.504 e. The number of hydrogen-bond acceptors (Lipinski definition) is 4. The molecular weight excluding hydrogens is 206 g/mol. The van der Waals surface area contributed by atoms with Gasteiger partial charge in [-0.15, -0.1) is 0 Å². The van der Waals surface area contributed by atoms with Crippen molar-refractivity contribution in [1.29, 1.82) is 0 Å². The van der Waals surface area contributed by atoms with Crippen LogP contribution >= 0.6 is 0 Å². The highest BCUT2D eigenvalue weighted by molar-refractivity contribution is 5.91. The van der Waals surface area contributed by atoms with Gasteiger partial charge in [-0.1, -0.05) is 0 Å². The smallest absolute Gasteiger partial charge is 0.225 e. The first-order valence-electron chi connectivity index (χ1n) is 5.40. The molecule has 0 radical (unpaired) electrons. The van der Waals surface area contributed by atoms with Gasteiger partial charge >= 0.3 is 0 Å². The number of hydrogen-bond donors (Lipinski definition) is 3. The van der Waals surface area contributed by atoms with E-state index in [1.54, 1.807) is 6.07 Å². The third kappa shape index (κ3) is 2.70. The summed E-state index contributed by atoms with van der Waals surface area (Å²) >= 11 is 0. The fourth-order valence-electron chi connectivity index (χ4n) is 1.83. The molecule has 1 saturated heterocycles. The molecule has 0 spiro atoms. The first-order valence-corrected chi connectivity index (χ1v) is 5.40. The minimum atomic E-state index is -0.0947. The second kappa shape index (κ2) is 4.94. The van der Waals surface area contributed by atoms with E-state index in [-0.39, 0.29) is 17.5 Å². The highest BCUT2D eigenvalue weighted by atomic mass is 16.3. The van der Waals surface area contributed by atoms with Crippen LogP contribution in [-0.2, 0) is 4.79 Å². The van der Waals surface area contributed by atoms with Crippen LogP contribution in [0.2, 0.25) is 0 Å². The monoisotopic (exact) mass is 221 g/mol. The van der Waals surface area contributed by atoms with Crippen molar-refractivity contribution in [3.8, 4) is 5.75 Å². The van der Waals surface area contributed by atoms with Crippen LogP contribution in [-0.4, -0.2) is 29.1 Å². The van der Waals surface area contributed by atoms with Crippen molar-refractivity contribution in [3.05, 3.63) is 18.3 Å². The van der Waals surface area contributed by atoms with Gasteiger partial charge in [0, 0.05) is 12.6 Å². The fraction of sp³-hybridized carbons (Fsp3) is 0.455. The maximum atomic E-state index is 11.6. The van der Waals surface area contributed by atoms with E-state index in [0.29, 0.717) is 12.3 Å². The summed E-state index contributed by atoms with van der Waals surface area (Å²) in [6.45, 7) is 1.87. The van der Waals surface area contributed by atoms with Gasteiger partial charge in [-0.25, -0.2) is 4.98 Å². The molecule has 0 bridgehead atoms. The minimum absolute atomic E-state index is 0.000368. The number of aromatic nitrogens is 1. The van der Waals surface area contributed by atoms with E-state index in [2.05, 4.69) is 15.6 Å². The predicted molar refractivity (Wildman–Crippen MR) is 60.1 cm³/mol. The molecule has 86 valence electrons. The Morgan fingerprint density at radius 3 is 3.25 bits per heavy atom. The molecule has 1 aliphatic rings. The van der Waals surface area contributed by atoms with Crippen LogP contribution in [0.5, 0.6) is 5.75 Å². The Morgan fingerprint density at radius 2 is 2.56 bits per heavy atom. The molecule has 1 unspecified atom stereocenters. The molecule has 0 saturated carbocycles. The number of carbonyl (C=O) groups excluding carboxylic acids is 1. The van der Waals surface area contributed by atoms with Crippen molar-refractivity contribution in [2.45, 2.75) is 12.8 Å². The number of carbonyl (C=O) groups is 1. The topological polar surface area (TPSA) is 74.2 Å². The van der Waals surface area contributed by atoms with Gasteiger partial charge in [-0.3, -0.25) is 4.79 Å². The fourth-order valence-corrected chi connectivity index (χ4v) is 1.83. The molecule has 1 fully saturated rings. The Bertz CT molecular complexity index is 375. The highest BCUT2D eigenvalue weighted by Crippen LogP contribution is 2.19. The van der Waals surface area contributed by atoms with Gasteiger partial charge in [0.05, 0.1) is 0 Å². The first kappa shape index (κ1) is 10.9. The molecular formula is C11H15N3O2. The average Bonchev–Trinajstić information content (AvgIpc) is 2.74. The average molecular weight is 221 g/mol. The molecule has 1 aromatic heterocycles. The summed E-state index contributed by atoms with van der Waals surface area (Å²) in [5.41, 5.74) is 0. The number of nitrogens with one attached hydrogen (secondary N) is 2. The molecule has 16 heavy (non-hydrogen) atoms. The summed E-state index contributed by atoms with van der Waals surface area (Å²) in [5, 5.41) is 15.2. The molecule has 5 nitrogen and oxygen atoms in total. The molecule has 0 aliphatic carbocycles. The molecule has 1 atom stereocenters. The van der Waals surface area contributed by atoms with Gasteiger partial charge in [0.2, 0.25) is 5.91 Å². The van der Waals surface area contributed by atoms with Crippen LogP contribution < -0.4 is 10.6 Å². The van der Waals surface area contributed by atoms with Gasteiger partial charge in [0.25, 0.3) is 0 Å². The van der Waals surface area contributed by atoms with E-state index >= 15 is 0 Å². The lowest BCUT2D eigenvalue weighted by molar-refractivity contribution is -0.117. The lowest BCUT2D eigenvalue weighted by atomic mass is 10.0. The summed E-state index contributed by atoms with van der Waals surface area (Å²) < 4.78 is 0. The van der Waals surface area contributed by atoms with Crippen molar-refractivity contribution in [3.63, 3.8) is 0 Å². The standard InChI is InChI=1S/C11H15N3O2/c15-9-2-1-4-13-11(9)14-10(16)6-8-3-5-12-7-8/h1-2,4,8,12,15H,3,5-7H2,(H,13,14,16). The highest BCUT2D eigenvalue weighted by Gasteiger charge is 2.18. The van der Waals surface area contributed by atoms with Gasteiger partial charge in [0.15, 0.2) is 11.6 Å². The normalized spacial score (nSPS) is 19.6. The Hall–Kier alpha value is -1.62. The quantitative estimate of drug-likeness (QED) is 0.703. The number of aromatic hydroxyl groups is 1. The number of nitrogens with zero attached hydrogens (tertiary/aromatic N) is 1. The number of rotatable bonds is 3. The Balaban J connectivity index is 1.89. The molecule has 2 rings (SSSR count). The molecule has 3 N–H and O–H groups in total. The van der Waals surface area contributed by atoms with Crippen molar-refractivity contribution < 1.29 is 9.90 Å². The van der Waals surface area contributed by atoms with Crippen LogP contribution in [0.15, 0.2) is 18.3 Å². The Labute approximate surface area is 93.9 Å². The van der Waals surface area contributed by atoms with Crippen LogP contribution in [0, 0.1) is 5.92 Å². The van der Waals surface area contributed by atoms with E-state index in [0.717, 1.165) is 19.5 Å². The van der Waals surface area contributed by atoms with E-state index in [1.807, 2.05) is 0 Å². The van der Waals surface area contributed by atoms with Crippen molar-refractivity contribution >= 4 is 11.7 Å². The summed E-state index contributed by atoms with van der Waals surface area (Å²) in [5.74, 6) is 0.535. The zero-order valence-corrected chi connectivity index (χ0v) is 8.94. The van der Waals surface area contributed by atoms with Crippen molar-refractivity contribution in [2.24, 2.45) is 5.92 Å². The lowest BCUT2D eigenvalue weighted by Gasteiger charge is -2.09. The summed E-state index contributed by atoms with van der Waals surface area (Å²) in [6, 6.07) is 3.12. The van der Waals surface area contributed by atoms with Crippen molar-refractivity contribution in [2.75, 3.05) is 18.4 Å². The Morgan fingerprint density at radius 1 is 1.69 bits per heavy atom. The van der Waals surface area contributed by atoms with Gasteiger partial charge < -0.3 is 15.7 Å². The molecule has 1 aromatic rings. The lowest BCUT2D eigenvalue weighted by Crippen LogP contribution is -2.18. The summed E-state index contributed by atoms with van der Waals surface area (Å²) in [7, 11) is 0. The molecule has 5 heteroatoms. The summed E-state index contributed by atoms with van der Waals surface area (Å²) in [4.78, 5) is 15.5. The molecule has 1 amide bonds. The number of pyridine rings is 1. The zero-order valence-electron chi connectivity index (χ0n) is 8.94. The van der Waals surface area contributed by atoms with Crippen LogP contribution in [0.4, 0.5) is 5.82 Å². The molecule has 0 aromatic carbocycles. The van der Waals surface area contributed by atoms with Crippen LogP contribution in [0.1, 0.15) is 12.8 Å². The van der Waals surface area contributed by atoms with E-state index < -0.39 is 0 Å². The van der Waals surface area contributed by atoms with Gasteiger partial charge in [0.1, 0.15) is 0 Å². The third-order valence-electron chi connectivity index (χ3n) is 2.68. The number of anilines is 1. The summed E-state index contributed by atoms with van der Waals surface area (Å²) in [6.07, 6.45) is 3.04. The molecule has 2 heterocycles. The first-order chi connectivity index (χ1) is 7.75. The van der Waals surface area contributed by atoms with E-state index in [9.17, 15) is 9.90 Å². The van der Waals surface area contributed by atoms with E-state index in [4.69, 9.17) is 0 Å². The molecule has 1 aliphatic heterocycles. The second-order valence-electron chi connectivity index (χ2n) is 3.98. The zero-order chi connectivity index (χ0) is 11.4. The number of amides is 1.